The van der Waals surface area contributed by atoms with Crippen LogP contribution in [0.15, 0.2) is 24.3 Å². The Kier molecular flexibility index (Phi) is 4.83. The summed E-state index contributed by atoms with van der Waals surface area (Å²) in [6.07, 6.45) is 1.61. The van der Waals surface area contributed by atoms with Crippen LogP contribution in [0, 0.1) is 18.8 Å². The molecule has 0 aliphatic heterocycles. The van der Waals surface area contributed by atoms with E-state index in [4.69, 9.17) is 0 Å². The van der Waals surface area contributed by atoms with Gasteiger partial charge in [-0.25, -0.2) is 4.98 Å². The van der Waals surface area contributed by atoms with Gasteiger partial charge in [0, 0.05) is 17.2 Å². The van der Waals surface area contributed by atoms with Crippen LogP contribution in [0.4, 0.5) is 5.69 Å². The molecule has 3 rings (SSSR count). The molecule has 7 heteroatoms. The molecule has 132 valence electrons. The SMILES string of the molecule is CC[C@H](NC(=O)c1cccc(NC(=O)[C@@H]2C[C@@H]2C)c1)c1n[nH]c(C)n1. The predicted molar refractivity (Wildman–Crippen MR) is 94.0 cm³/mol. The van der Waals surface area contributed by atoms with Crippen LogP contribution in [0.3, 0.4) is 0 Å². The molecule has 25 heavy (non-hydrogen) atoms. The Bertz CT molecular complexity index is 785. The second kappa shape index (κ2) is 7.04. The zero-order valence-electron chi connectivity index (χ0n) is 14.7. The molecule has 1 aliphatic rings. The summed E-state index contributed by atoms with van der Waals surface area (Å²) >= 11 is 0. The van der Waals surface area contributed by atoms with Crippen molar-refractivity contribution in [2.24, 2.45) is 11.8 Å². The van der Waals surface area contributed by atoms with E-state index in [9.17, 15) is 9.59 Å². The second-order valence-corrected chi connectivity index (χ2v) is 6.60. The van der Waals surface area contributed by atoms with E-state index in [1.165, 1.54) is 0 Å². The molecule has 2 amide bonds. The maximum absolute atomic E-state index is 12.5. The first-order valence-electron chi connectivity index (χ1n) is 8.58. The molecule has 1 fully saturated rings. The fourth-order valence-electron chi connectivity index (χ4n) is 2.77. The van der Waals surface area contributed by atoms with Crippen molar-refractivity contribution < 1.29 is 9.59 Å². The van der Waals surface area contributed by atoms with E-state index in [0.29, 0.717) is 35.2 Å². The van der Waals surface area contributed by atoms with Crippen molar-refractivity contribution in [2.45, 2.75) is 39.7 Å². The maximum atomic E-state index is 12.5. The molecule has 0 saturated heterocycles. The fourth-order valence-corrected chi connectivity index (χ4v) is 2.77. The Morgan fingerprint density at radius 1 is 1.40 bits per heavy atom. The van der Waals surface area contributed by atoms with Crippen LogP contribution in [-0.4, -0.2) is 27.0 Å². The Morgan fingerprint density at radius 3 is 2.76 bits per heavy atom. The number of benzene rings is 1. The van der Waals surface area contributed by atoms with Crippen molar-refractivity contribution >= 4 is 17.5 Å². The first kappa shape index (κ1) is 17.1. The highest BCUT2D eigenvalue weighted by Gasteiger charge is 2.39. The lowest BCUT2D eigenvalue weighted by atomic mass is 10.1. The highest BCUT2D eigenvalue weighted by molar-refractivity contribution is 5.98. The molecular weight excluding hydrogens is 318 g/mol. The number of aromatic amines is 1. The third-order valence-corrected chi connectivity index (χ3v) is 4.48. The van der Waals surface area contributed by atoms with Crippen molar-refractivity contribution in [1.29, 1.82) is 0 Å². The summed E-state index contributed by atoms with van der Waals surface area (Å²) in [5, 5.41) is 12.7. The number of carbonyl (C=O) groups excluding carboxylic acids is 2. The molecule has 3 N–H and O–H groups in total. The van der Waals surface area contributed by atoms with Crippen LogP contribution in [-0.2, 0) is 4.79 Å². The molecule has 1 aromatic carbocycles. The molecule has 7 nitrogen and oxygen atoms in total. The standard InChI is InChI=1S/C18H23N5O2/c1-4-15(16-19-11(3)22-23-16)21-17(24)12-6-5-7-13(9-12)20-18(25)14-8-10(14)2/h5-7,9-10,14-15H,4,8H2,1-3H3,(H,20,25)(H,21,24)(H,19,22,23)/t10-,14+,15-/m0/s1. The number of anilines is 1. The van der Waals surface area contributed by atoms with Crippen molar-refractivity contribution in [3.63, 3.8) is 0 Å². The molecule has 1 heterocycles. The number of amides is 2. The average Bonchev–Trinajstić information content (AvgIpc) is 3.18. The fraction of sp³-hybridized carbons (Fsp3) is 0.444. The second-order valence-electron chi connectivity index (χ2n) is 6.60. The van der Waals surface area contributed by atoms with Crippen LogP contribution < -0.4 is 10.6 Å². The van der Waals surface area contributed by atoms with E-state index in [0.717, 1.165) is 6.42 Å². The van der Waals surface area contributed by atoms with E-state index >= 15 is 0 Å². The first-order chi connectivity index (χ1) is 12.0. The Hall–Kier alpha value is -2.70. The number of hydrogen-bond donors (Lipinski definition) is 3. The van der Waals surface area contributed by atoms with Gasteiger partial charge in [-0.2, -0.15) is 5.10 Å². The van der Waals surface area contributed by atoms with Gasteiger partial charge in [0.25, 0.3) is 5.91 Å². The van der Waals surface area contributed by atoms with Crippen LogP contribution in [0.25, 0.3) is 0 Å². The van der Waals surface area contributed by atoms with E-state index in [1.807, 2.05) is 13.8 Å². The highest BCUT2D eigenvalue weighted by atomic mass is 16.2. The van der Waals surface area contributed by atoms with E-state index in [2.05, 4.69) is 32.7 Å². The number of aryl methyl sites for hydroxylation is 1. The van der Waals surface area contributed by atoms with E-state index < -0.39 is 0 Å². The zero-order chi connectivity index (χ0) is 18.0. The van der Waals surface area contributed by atoms with E-state index in [1.54, 1.807) is 24.3 Å². The van der Waals surface area contributed by atoms with Gasteiger partial charge in [0.1, 0.15) is 5.82 Å². The van der Waals surface area contributed by atoms with Crippen LogP contribution >= 0.6 is 0 Å². The smallest absolute Gasteiger partial charge is 0.251 e. The summed E-state index contributed by atoms with van der Waals surface area (Å²) in [5.41, 5.74) is 1.13. The molecule has 1 aromatic heterocycles. The molecular formula is C18H23N5O2. The number of H-pyrrole nitrogens is 1. The lowest BCUT2D eigenvalue weighted by Gasteiger charge is -2.14. The maximum Gasteiger partial charge on any atom is 0.251 e. The Labute approximate surface area is 146 Å². The van der Waals surface area contributed by atoms with Gasteiger partial charge in [0.2, 0.25) is 5.91 Å². The summed E-state index contributed by atoms with van der Waals surface area (Å²) in [6.45, 7) is 5.84. The predicted octanol–water partition coefficient (Wildman–Crippen LogP) is 2.59. The average molecular weight is 341 g/mol. The zero-order valence-corrected chi connectivity index (χ0v) is 14.7. The van der Waals surface area contributed by atoms with Crippen LogP contribution in [0.2, 0.25) is 0 Å². The van der Waals surface area contributed by atoms with Crippen molar-refractivity contribution in [1.82, 2.24) is 20.5 Å². The molecule has 0 unspecified atom stereocenters. The number of aromatic nitrogens is 3. The largest absolute Gasteiger partial charge is 0.342 e. The third-order valence-electron chi connectivity index (χ3n) is 4.48. The Morgan fingerprint density at radius 2 is 2.16 bits per heavy atom. The van der Waals surface area contributed by atoms with Gasteiger partial charge in [-0.1, -0.05) is 19.9 Å². The van der Waals surface area contributed by atoms with Gasteiger partial charge in [-0.15, -0.1) is 0 Å². The van der Waals surface area contributed by atoms with Gasteiger partial charge < -0.3 is 10.6 Å². The van der Waals surface area contributed by atoms with Gasteiger partial charge in [0.15, 0.2) is 5.82 Å². The number of carbonyl (C=O) groups is 2. The minimum atomic E-state index is -0.261. The summed E-state index contributed by atoms with van der Waals surface area (Å²) in [5.74, 6) is 1.62. The van der Waals surface area contributed by atoms with Crippen LogP contribution in [0.1, 0.15) is 54.7 Å². The summed E-state index contributed by atoms with van der Waals surface area (Å²) in [7, 11) is 0. The molecule has 0 spiro atoms. The number of hydrogen-bond acceptors (Lipinski definition) is 4. The molecule has 1 saturated carbocycles. The van der Waals surface area contributed by atoms with Crippen molar-refractivity contribution in [2.75, 3.05) is 5.32 Å². The number of nitrogens with one attached hydrogen (secondary N) is 3. The topological polar surface area (TPSA) is 99.8 Å². The lowest BCUT2D eigenvalue weighted by molar-refractivity contribution is -0.117. The lowest BCUT2D eigenvalue weighted by Crippen LogP contribution is -2.29. The van der Waals surface area contributed by atoms with Gasteiger partial charge >= 0.3 is 0 Å². The minimum absolute atomic E-state index is 0.0210. The number of rotatable bonds is 6. The molecule has 3 atom stereocenters. The van der Waals surface area contributed by atoms with Gasteiger partial charge in [-0.3, -0.25) is 14.7 Å². The van der Waals surface area contributed by atoms with Gasteiger partial charge in [-0.05, 0) is 43.9 Å². The summed E-state index contributed by atoms with van der Waals surface area (Å²) < 4.78 is 0. The first-order valence-corrected chi connectivity index (χ1v) is 8.58. The van der Waals surface area contributed by atoms with Crippen molar-refractivity contribution in [3.05, 3.63) is 41.5 Å². The van der Waals surface area contributed by atoms with Gasteiger partial charge in [0.05, 0.1) is 6.04 Å². The summed E-state index contributed by atoms with van der Waals surface area (Å²) in [6, 6.07) is 6.70. The minimum Gasteiger partial charge on any atom is -0.342 e. The third kappa shape index (κ3) is 4.04. The summed E-state index contributed by atoms with van der Waals surface area (Å²) in [4.78, 5) is 28.9. The Balaban J connectivity index is 1.67. The monoisotopic (exact) mass is 341 g/mol. The van der Waals surface area contributed by atoms with E-state index in [-0.39, 0.29) is 23.8 Å². The molecule has 2 aromatic rings. The normalized spacial score (nSPS) is 20.0. The number of nitrogens with zero attached hydrogens (tertiary/aromatic N) is 2. The molecule has 0 bridgehead atoms. The highest BCUT2D eigenvalue weighted by Crippen LogP contribution is 2.38. The quantitative estimate of drug-likeness (QED) is 0.752. The molecule has 0 radical (unpaired) electrons. The van der Waals surface area contributed by atoms with Crippen molar-refractivity contribution in [3.8, 4) is 0 Å². The molecule has 1 aliphatic carbocycles. The van der Waals surface area contributed by atoms with Crippen LogP contribution in [0.5, 0.6) is 0 Å².